The Kier molecular flexibility index (Phi) is 6.90. The smallest absolute Gasteiger partial charge is 0.302 e. The van der Waals surface area contributed by atoms with E-state index in [1.807, 2.05) is 6.92 Å². The molecule has 0 N–H and O–H groups in total. The maximum Gasteiger partial charge on any atom is 0.302 e. The molecule has 0 aromatic heterocycles. The molecular formula is C16H28F2O2. The van der Waals surface area contributed by atoms with Crippen LogP contribution in [0.25, 0.3) is 0 Å². The fraction of sp³-hybridized carbons (Fsp3) is 0.938. The van der Waals surface area contributed by atoms with Gasteiger partial charge < -0.3 is 4.74 Å². The Morgan fingerprint density at radius 2 is 1.90 bits per heavy atom. The number of hydrogen-bond acceptors (Lipinski definition) is 2. The second kappa shape index (κ2) is 7.94. The molecule has 1 saturated carbocycles. The number of rotatable bonds is 8. The first-order chi connectivity index (χ1) is 9.35. The average Bonchev–Trinajstić information content (AvgIpc) is 2.68. The van der Waals surface area contributed by atoms with E-state index in [-0.39, 0.29) is 24.9 Å². The van der Waals surface area contributed by atoms with Crippen LogP contribution in [0.2, 0.25) is 0 Å². The summed E-state index contributed by atoms with van der Waals surface area (Å²) >= 11 is 0. The summed E-state index contributed by atoms with van der Waals surface area (Å²) in [5.41, 5.74) is 0. The van der Waals surface area contributed by atoms with Gasteiger partial charge in [-0.25, -0.2) is 8.78 Å². The summed E-state index contributed by atoms with van der Waals surface area (Å²) in [4.78, 5) is 11.0. The molecule has 1 fully saturated rings. The third-order valence-corrected chi connectivity index (χ3v) is 4.48. The maximum atomic E-state index is 13.6. The molecule has 0 heterocycles. The Hall–Kier alpha value is -0.670. The quantitative estimate of drug-likeness (QED) is 0.591. The Morgan fingerprint density at radius 1 is 1.25 bits per heavy atom. The molecule has 1 rings (SSSR count). The topological polar surface area (TPSA) is 26.3 Å². The van der Waals surface area contributed by atoms with Crippen molar-refractivity contribution in [2.24, 2.45) is 11.8 Å². The zero-order chi connectivity index (χ0) is 15.2. The fourth-order valence-corrected chi connectivity index (χ4v) is 3.18. The van der Waals surface area contributed by atoms with Crippen LogP contribution in [0, 0.1) is 11.8 Å². The first-order valence-electron chi connectivity index (χ1n) is 7.90. The zero-order valence-electron chi connectivity index (χ0n) is 13.0. The van der Waals surface area contributed by atoms with Gasteiger partial charge >= 0.3 is 5.97 Å². The minimum atomic E-state index is -2.51. The number of carbonyl (C=O) groups excluding carboxylic acids is 1. The van der Waals surface area contributed by atoms with E-state index in [1.54, 1.807) is 0 Å². The molecule has 0 aliphatic heterocycles. The Balaban J connectivity index is 2.27. The van der Waals surface area contributed by atoms with Gasteiger partial charge in [0.15, 0.2) is 0 Å². The standard InChI is InChI=1S/C16H28F2O2/c1-4-5-10-16(17,18)11-6-7-14-8-9-15(12(14)2)20-13(3)19/h12,14-15H,4-11H2,1-3H3. The highest BCUT2D eigenvalue weighted by Gasteiger charge is 2.35. The lowest BCUT2D eigenvalue weighted by Crippen LogP contribution is -2.22. The first-order valence-corrected chi connectivity index (χ1v) is 7.90. The van der Waals surface area contributed by atoms with Gasteiger partial charge in [-0.3, -0.25) is 4.79 Å². The van der Waals surface area contributed by atoms with Crippen LogP contribution in [0.15, 0.2) is 0 Å². The predicted molar refractivity (Wildman–Crippen MR) is 75.8 cm³/mol. The summed E-state index contributed by atoms with van der Waals surface area (Å²) in [6.45, 7) is 5.43. The summed E-state index contributed by atoms with van der Waals surface area (Å²) in [6.07, 6.45) is 4.66. The van der Waals surface area contributed by atoms with Gasteiger partial charge in [-0.15, -0.1) is 0 Å². The number of unbranched alkanes of at least 4 members (excludes halogenated alkanes) is 1. The summed E-state index contributed by atoms with van der Waals surface area (Å²) in [5.74, 6) is -2.04. The van der Waals surface area contributed by atoms with Crippen molar-refractivity contribution in [1.82, 2.24) is 0 Å². The van der Waals surface area contributed by atoms with Gasteiger partial charge in [-0.05, 0) is 43.9 Å². The Labute approximate surface area is 121 Å². The summed E-state index contributed by atoms with van der Waals surface area (Å²) < 4.78 is 32.4. The van der Waals surface area contributed by atoms with Crippen molar-refractivity contribution in [2.45, 2.75) is 84.2 Å². The van der Waals surface area contributed by atoms with E-state index in [9.17, 15) is 13.6 Å². The zero-order valence-corrected chi connectivity index (χ0v) is 13.0. The molecule has 0 bridgehead atoms. The van der Waals surface area contributed by atoms with E-state index in [1.165, 1.54) is 6.92 Å². The van der Waals surface area contributed by atoms with Crippen molar-refractivity contribution >= 4 is 5.97 Å². The minimum Gasteiger partial charge on any atom is -0.462 e. The SMILES string of the molecule is CCCCC(F)(F)CCCC1CCC(OC(C)=O)C1C. The number of alkyl halides is 2. The molecule has 0 spiro atoms. The second-order valence-corrected chi connectivity index (χ2v) is 6.20. The van der Waals surface area contributed by atoms with E-state index < -0.39 is 5.92 Å². The molecular weight excluding hydrogens is 262 g/mol. The molecule has 0 radical (unpaired) electrons. The van der Waals surface area contributed by atoms with Crippen LogP contribution in [0.1, 0.15) is 72.1 Å². The van der Waals surface area contributed by atoms with Crippen LogP contribution >= 0.6 is 0 Å². The molecule has 3 atom stereocenters. The first kappa shape index (κ1) is 17.4. The summed E-state index contributed by atoms with van der Waals surface area (Å²) in [7, 11) is 0. The highest BCUT2D eigenvalue weighted by Crippen LogP contribution is 2.38. The predicted octanol–water partition coefficient (Wildman–Crippen LogP) is 4.96. The lowest BCUT2D eigenvalue weighted by atomic mass is 9.90. The highest BCUT2D eigenvalue weighted by molar-refractivity contribution is 5.66. The van der Waals surface area contributed by atoms with E-state index in [2.05, 4.69) is 6.92 Å². The van der Waals surface area contributed by atoms with Crippen molar-refractivity contribution in [3.8, 4) is 0 Å². The Bertz CT molecular complexity index is 305. The molecule has 4 heteroatoms. The number of halogens is 2. The van der Waals surface area contributed by atoms with Crippen LogP contribution < -0.4 is 0 Å². The lowest BCUT2D eigenvalue weighted by molar-refractivity contribution is -0.148. The third kappa shape index (κ3) is 5.76. The highest BCUT2D eigenvalue weighted by atomic mass is 19.3. The lowest BCUT2D eigenvalue weighted by Gasteiger charge is -2.21. The van der Waals surface area contributed by atoms with Gasteiger partial charge in [0, 0.05) is 19.8 Å². The normalized spacial score (nSPS) is 26.8. The fourth-order valence-electron chi connectivity index (χ4n) is 3.18. The van der Waals surface area contributed by atoms with Crippen LogP contribution in [-0.2, 0) is 9.53 Å². The molecule has 118 valence electrons. The Morgan fingerprint density at radius 3 is 2.50 bits per heavy atom. The van der Waals surface area contributed by atoms with Crippen molar-refractivity contribution in [3.63, 3.8) is 0 Å². The van der Waals surface area contributed by atoms with Crippen molar-refractivity contribution in [1.29, 1.82) is 0 Å². The van der Waals surface area contributed by atoms with E-state index in [4.69, 9.17) is 4.74 Å². The van der Waals surface area contributed by atoms with Gasteiger partial charge in [0.25, 0.3) is 0 Å². The van der Waals surface area contributed by atoms with Gasteiger partial charge in [0.05, 0.1) is 0 Å². The number of esters is 1. The summed E-state index contributed by atoms with van der Waals surface area (Å²) in [5, 5.41) is 0. The van der Waals surface area contributed by atoms with Crippen LogP contribution in [0.5, 0.6) is 0 Å². The van der Waals surface area contributed by atoms with E-state index >= 15 is 0 Å². The van der Waals surface area contributed by atoms with Gasteiger partial charge in [-0.2, -0.15) is 0 Å². The largest absolute Gasteiger partial charge is 0.462 e. The molecule has 2 nitrogen and oxygen atoms in total. The monoisotopic (exact) mass is 290 g/mol. The van der Waals surface area contributed by atoms with Gasteiger partial charge in [0.2, 0.25) is 5.92 Å². The number of hydrogen-bond donors (Lipinski definition) is 0. The molecule has 3 unspecified atom stereocenters. The molecule has 1 aliphatic rings. The van der Waals surface area contributed by atoms with Crippen molar-refractivity contribution in [3.05, 3.63) is 0 Å². The van der Waals surface area contributed by atoms with Gasteiger partial charge in [-0.1, -0.05) is 20.3 Å². The van der Waals surface area contributed by atoms with Gasteiger partial charge in [0.1, 0.15) is 6.10 Å². The molecule has 0 saturated heterocycles. The maximum absolute atomic E-state index is 13.6. The second-order valence-electron chi connectivity index (χ2n) is 6.20. The molecule has 0 aromatic rings. The molecule has 0 amide bonds. The number of carbonyl (C=O) groups is 1. The van der Waals surface area contributed by atoms with Crippen molar-refractivity contribution < 1.29 is 18.3 Å². The molecule has 0 aromatic carbocycles. The van der Waals surface area contributed by atoms with Crippen LogP contribution in [0.4, 0.5) is 8.78 Å². The van der Waals surface area contributed by atoms with E-state index in [0.717, 1.165) is 25.7 Å². The third-order valence-electron chi connectivity index (χ3n) is 4.48. The molecule has 20 heavy (non-hydrogen) atoms. The molecule has 1 aliphatic carbocycles. The summed E-state index contributed by atoms with van der Waals surface area (Å²) in [6, 6.07) is 0. The van der Waals surface area contributed by atoms with Crippen molar-refractivity contribution in [2.75, 3.05) is 0 Å². The average molecular weight is 290 g/mol. The van der Waals surface area contributed by atoms with E-state index in [0.29, 0.717) is 24.7 Å². The minimum absolute atomic E-state index is 0.00550. The number of ether oxygens (including phenoxy) is 1. The van der Waals surface area contributed by atoms with Crippen LogP contribution in [0.3, 0.4) is 0 Å². The van der Waals surface area contributed by atoms with Crippen LogP contribution in [-0.4, -0.2) is 18.0 Å².